The van der Waals surface area contributed by atoms with E-state index in [-0.39, 0.29) is 23.7 Å². The van der Waals surface area contributed by atoms with Crippen LogP contribution in [0.4, 0.5) is 0 Å². The van der Waals surface area contributed by atoms with E-state index in [0.29, 0.717) is 34.6 Å². The average Bonchev–Trinajstić information content (AvgIpc) is 3.09. The first-order chi connectivity index (χ1) is 15.3. The number of nitrogens with zero attached hydrogens (tertiary/aromatic N) is 2. The first-order valence-electron chi connectivity index (χ1n) is 9.93. The van der Waals surface area contributed by atoms with Crippen molar-refractivity contribution in [1.29, 1.82) is 5.26 Å². The Morgan fingerprint density at radius 2 is 1.81 bits per heavy atom. The summed E-state index contributed by atoms with van der Waals surface area (Å²) in [7, 11) is -1.96. The molecule has 0 atom stereocenters. The van der Waals surface area contributed by atoms with E-state index < -0.39 is 16.0 Å². The molecule has 0 amide bonds. The van der Waals surface area contributed by atoms with Crippen molar-refractivity contribution >= 4 is 16.0 Å². The first-order valence-corrected chi connectivity index (χ1v) is 11.4. The fourth-order valence-corrected chi connectivity index (χ4v) is 4.58. The Bertz CT molecular complexity index is 1260. The van der Waals surface area contributed by atoms with E-state index in [2.05, 4.69) is 10.8 Å². The van der Waals surface area contributed by atoms with E-state index in [1.807, 2.05) is 6.92 Å². The van der Waals surface area contributed by atoms with E-state index in [1.54, 1.807) is 54.1 Å². The van der Waals surface area contributed by atoms with Gasteiger partial charge in [0.2, 0.25) is 10.0 Å². The molecular formula is C23H23N3O5S. The van der Waals surface area contributed by atoms with Gasteiger partial charge in [-0.1, -0.05) is 37.3 Å². The highest BCUT2D eigenvalue weighted by Crippen LogP contribution is 2.33. The zero-order valence-corrected chi connectivity index (χ0v) is 18.5. The van der Waals surface area contributed by atoms with Gasteiger partial charge in [-0.25, -0.2) is 17.9 Å². The minimum atomic E-state index is -3.60. The van der Waals surface area contributed by atoms with Gasteiger partial charge in [-0.2, -0.15) is 5.26 Å². The number of carbonyl (C=O) groups is 1. The second-order valence-corrected chi connectivity index (χ2v) is 8.73. The molecule has 1 aromatic heterocycles. The van der Waals surface area contributed by atoms with Crippen molar-refractivity contribution in [3.05, 3.63) is 71.5 Å². The SMILES string of the molecule is CCc1c(C#N)c(-c2ccc(OCCNS(=O)(=O)c3ccccc3)cc2)c(C(=O)O)n1C. The number of nitriles is 1. The fourth-order valence-electron chi connectivity index (χ4n) is 3.54. The van der Waals surface area contributed by atoms with Crippen LogP contribution < -0.4 is 9.46 Å². The van der Waals surface area contributed by atoms with Crippen LogP contribution in [-0.2, 0) is 23.5 Å². The molecule has 3 rings (SSSR count). The van der Waals surface area contributed by atoms with Gasteiger partial charge in [-0.15, -0.1) is 0 Å². The maximum Gasteiger partial charge on any atom is 0.353 e. The maximum atomic E-state index is 12.2. The quantitative estimate of drug-likeness (QED) is 0.480. The van der Waals surface area contributed by atoms with Gasteiger partial charge in [0.1, 0.15) is 24.1 Å². The Morgan fingerprint density at radius 1 is 1.16 bits per heavy atom. The Labute approximate surface area is 186 Å². The van der Waals surface area contributed by atoms with Crippen LogP contribution in [0.1, 0.15) is 28.7 Å². The Hall–Kier alpha value is -3.61. The van der Waals surface area contributed by atoms with Gasteiger partial charge in [-0.3, -0.25) is 0 Å². The van der Waals surface area contributed by atoms with Crippen molar-refractivity contribution in [2.24, 2.45) is 7.05 Å². The fraction of sp³-hybridized carbons (Fsp3) is 0.217. The summed E-state index contributed by atoms with van der Waals surface area (Å²) < 4.78 is 34.0. The lowest BCUT2D eigenvalue weighted by molar-refractivity contribution is 0.0687. The third-order valence-electron chi connectivity index (χ3n) is 5.02. The largest absolute Gasteiger partial charge is 0.492 e. The summed E-state index contributed by atoms with van der Waals surface area (Å²) >= 11 is 0. The Morgan fingerprint density at radius 3 is 2.38 bits per heavy atom. The molecule has 32 heavy (non-hydrogen) atoms. The van der Waals surface area contributed by atoms with Crippen LogP contribution in [0.5, 0.6) is 5.75 Å². The summed E-state index contributed by atoms with van der Waals surface area (Å²) in [6.45, 7) is 2.06. The predicted octanol–water partition coefficient (Wildman–Crippen LogP) is 3.18. The second-order valence-electron chi connectivity index (χ2n) is 6.96. The standard InChI is InChI=1S/C23H23N3O5S/c1-3-20-19(15-24)21(22(23(27)28)26(20)2)16-9-11-17(12-10-16)31-14-13-25-32(29,30)18-7-5-4-6-8-18/h4-12,25H,3,13-14H2,1-2H3,(H,27,28). The smallest absolute Gasteiger partial charge is 0.353 e. The molecule has 0 aliphatic carbocycles. The maximum absolute atomic E-state index is 12.2. The second kappa shape index (κ2) is 9.68. The highest BCUT2D eigenvalue weighted by atomic mass is 32.2. The first kappa shape index (κ1) is 23.1. The lowest BCUT2D eigenvalue weighted by Gasteiger charge is -2.09. The highest BCUT2D eigenvalue weighted by molar-refractivity contribution is 7.89. The molecule has 0 saturated carbocycles. The molecule has 2 aromatic carbocycles. The number of aromatic carboxylic acids is 1. The molecular weight excluding hydrogens is 430 g/mol. The van der Waals surface area contributed by atoms with Crippen molar-refractivity contribution in [3.8, 4) is 22.9 Å². The minimum Gasteiger partial charge on any atom is -0.492 e. The lowest BCUT2D eigenvalue weighted by Crippen LogP contribution is -2.28. The number of rotatable bonds is 9. The molecule has 8 nitrogen and oxygen atoms in total. The number of aromatic nitrogens is 1. The third kappa shape index (κ3) is 4.66. The molecule has 0 bridgehead atoms. The van der Waals surface area contributed by atoms with Crippen molar-refractivity contribution < 1.29 is 23.1 Å². The average molecular weight is 454 g/mol. The number of ether oxygens (including phenoxy) is 1. The number of carboxylic acid groups (broad SMARTS) is 1. The number of hydrogen-bond acceptors (Lipinski definition) is 5. The number of benzene rings is 2. The van der Waals surface area contributed by atoms with E-state index in [9.17, 15) is 23.6 Å². The molecule has 9 heteroatoms. The molecule has 166 valence electrons. The normalized spacial score (nSPS) is 11.2. The van der Waals surface area contributed by atoms with Gasteiger partial charge in [0.05, 0.1) is 10.5 Å². The Kier molecular flexibility index (Phi) is 6.98. The van der Waals surface area contributed by atoms with Gasteiger partial charge in [0.25, 0.3) is 0 Å². The van der Waals surface area contributed by atoms with E-state index >= 15 is 0 Å². The van der Waals surface area contributed by atoms with E-state index in [0.717, 1.165) is 0 Å². The van der Waals surface area contributed by atoms with Gasteiger partial charge in [-0.05, 0) is 36.2 Å². The van der Waals surface area contributed by atoms with Crippen molar-refractivity contribution in [3.63, 3.8) is 0 Å². The van der Waals surface area contributed by atoms with E-state index in [1.165, 1.54) is 12.1 Å². The number of hydrogen-bond donors (Lipinski definition) is 2. The summed E-state index contributed by atoms with van der Waals surface area (Å²) in [5.41, 5.74) is 2.03. The molecule has 0 spiro atoms. The lowest BCUT2D eigenvalue weighted by atomic mass is 10.00. The van der Waals surface area contributed by atoms with Crippen molar-refractivity contribution in [1.82, 2.24) is 9.29 Å². The molecule has 2 N–H and O–H groups in total. The zero-order chi connectivity index (χ0) is 23.3. The van der Waals surface area contributed by atoms with Gasteiger partial charge in [0.15, 0.2) is 0 Å². The van der Waals surface area contributed by atoms with Crippen molar-refractivity contribution in [2.75, 3.05) is 13.2 Å². The molecule has 0 aliphatic rings. The highest BCUT2D eigenvalue weighted by Gasteiger charge is 2.25. The predicted molar refractivity (Wildman–Crippen MR) is 119 cm³/mol. The summed E-state index contributed by atoms with van der Waals surface area (Å²) in [6, 6.07) is 16.9. The molecule has 0 radical (unpaired) electrons. The van der Waals surface area contributed by atoms with Gasteiger partial charge in [0, 0.05) is 24.8 Å². The monoisotopic (exact) mass is 453 g/mol. The van der Waals surface area contributed by atoms with Crippen molar-refractivity contribution in [2.45, 2.75) is 18.2 Å². The molecule has 1 heterocycles. The van der Waals surface area contributed by atoms with Gasteiger partial charge >= 0.3 is 5.97 Å². The zero-order valence-electron chi connectivity index (χ0n) is 17.7. The molecule has 3 aromatic rings. The van der Waals surface area contributed by atoms with Crippen LogP contribution in [-0.4, -0.2) is 37.2 Å². The van der Waals surface area contributed by atoms with Crippen LogP contribution in [0.3, 0.4) is 0 Å². The molecule has 0 fully saturated rings. The van der Waals surface area contributed by atoms with Crippen LogP contribution in [0.15, 0.2) is 59.5 Å². The summed E-state index contributed by atoms with van der Waals surface area (Å²) in [5.74, 6) is -0.612. The number of sulfonamides is 1. The van der Waals surface area contributed by atoms with Crippen LogP contribution in [0.2, 0.25) is 0 Å². The summed E-state index contributed by atoms with van der Waals surface area (Å²) in [5, 5.41) is 19.3. The van der Waals surface area contributed by atoms with Crippen LogP contribution in [0, 0.1) is 11.3 Å². The number of carboxylic acids is 1. The summed E-state index contributed by atoms with van der Waals surface area (Å²) in [6.07, 6.45) is 0.528. The van der Waals surface area contributed by atoms with Crippen LogP contribution in [0.25, 0.3) is 11.1 Å². The third-order valence-corrected chi connectivity index (χ3v) is 6.50. The van der Waals surface area contributed by atoms with Crippen LogP contribution >= 0.6 is 0 Å². The topological polar surface area (TPSA) is 121 Å². The van der Waals surface area contributed by atoms with E-state index in [4.69, 9.17) is 4.74 Å². The Balaban J connectivity index is 1.71. The number of nitrogens with one attached hydrogen (secondary N) is 1. The summed E-state index contributed by atoms with van der Waals surface area (Å²) in [4.78, 5) is 12.0. The molecule has 0 aliphatic heterocycles. The van der Waals surface area contributed by atoms with Gasteiger partial charge < -0.3 is 14.4 Å². The molecule has 0 saturated heterocycles. The minimum absolute atomic E-state index is 0.0578. The molecule has 0 unspecified atom stereocenters.